The minimum atomic E-state index is 0.711. The summed E-state index contributed by atoms with van der Waals surface area (Å²) in [6.07, 6.45) is 20.4. The van der Waals surface area contributed by atoms with Crippen molar-refractivity contribution in [3.63, 3.8) is 0 Å². The Hall–Kier alpha value is -1.04. The van der Waals surface area contributed by atoms with Crippen LogP contribution in [0.25, 0.3) is 0 Å². The Morgan fingerprint density at radius 2 is 2.20 bits per heavy atom. The van der Waals surface area contributed by atoms with Crippen LogP contribution in [-0.4, -0.2) is 0 Å². The molecule has 0 heterocycles. The molecule has 1 aliphatic rings. The third-order valence-electron chi connectivity index (χ3n) is 2.85. The number of rotatable bonds is 5. The van der Waals surface area contributed by atoms with Crippen LogP contribution in [0.4, 0.5) is 0 Å². The predicted molar refractivity (Wildman–Crippen MR) is 68.8 cm³/mol. The van der Waals surface area contributed by atoms with Gasteiger partial charge in [-0.05, 0) is 44.1 Å². The quantitative estimate of drug-likeness (QED) is 0.561. The van der Waals surface area contributed by atoms with Crippen LogP contribution in [-0.2, 0) is 0 Å². The van der Waals surface area contributed by atoms with E-state index >= 15 is 0 Å². The van der Waals surface area contributed by atoms with E-state index in [-0.39, 0.29) is 0 Å². The average molecular weight is 202 g/mol. The molecule has 1 rings (SSSR count). The van der Waals surface area contributed by atoms with Crippen molar-refractivity contribution in [3.8, 4) is 0 Å². The summed E-state index contributed by atoms with van der Waals surface area (Å²) in [5, 5.41) is 0. The molecule has 82 valence electrons. The summed E-state index contributed by atoms with van der Waals surface area (Å²) in [6.45, 7) is 4.32. The SMILES string of the molecule is C/C=C\C=C/CC(CC)C1=CCCC=C1. The van der Waals surface area contributed by atoms with E-state index in [9.17, 15) is 0 Å². The minimum absolute atomic E-state index is 0.711. The molecule has 0 fully saturated rings. The second kappa shape index (κ2) is 7.28. The first-order valence-corrected chi connectivity index (χ1v) is 6.03. The highest BCUT2D eigenvalue weighted by molar-refractivity contribution is 5.25. The van der Waals surface area contributed by atoms with E-state index in [0.717, 1.165) is 6.42 Å². The van der Waals surface area contributed by atoms with Crippen LogP contribution in [0.1, 0.15) is 39.5 Å². The molecule has 0 aliphatic heterocycles. The van der Waals surface area contributed by atoms with Crippen molar-refractivity contribution in [2.75, 3.05) is 0 Å². The van der Waals surface area contributed by atoms with Gasteiger partial charge in [0.1, 0.15) is 0 Å². The van der Waals surface area contributed by atoms with Crippen LogP contribution in [0.15, 0.2) is 48.1 Å². The van der Waals surface area contributed by atoms with Crippen molar-refractivity contribution >= 4 is 0 Å². The van der Waals surface area contributed by atoms with Gasteiger partial charge in [-0.15, -0.1) is 0 Å². The average Bonchev–Trinajstić information content (AvgIpc) is 2.30. The summed E-state index contributed by atoms with van der Waals surface area (Å²) in [5.41, 5.74) is 1.54. The summed E-state index contributed by atoms with van der Waals surface area (Å²) >= 11 is 0. The molecule has 0 N–H and O–H groups in total. The normalized spacial score (nSPS) is 18.7. The van der Waals surface area contributed by atoms with Crippen LogP contribution < -0.4 is 0 Å². The van der Waals surface area contributed by atoms with E-state index < -0.39 is 0 Å². The van der Waals surface area contributed by atoms with Crippen LogP contribution >= 0.6 is 0 Å². The zero-order valence-corrected chi connectivity index (χ0v) is 9.95. The first-order chi connectivity index (χ1) is 7.38. The van der Waals surface area contributed by atoms with Crippen LogP contribution in [0.2, 0.25) is 0 Å². The molecule has 0 aromatic carbocycles. The Labute approximate surface area is 94.1 Å². The van der Waals surface area contributed by atoms with E-state index in [2.05, 4.69) is 49.5 Å². The maximum Gasteiger partial charge on any atom is -0.0133 e. The molecule has 0 nitrogen and oxygen atoms in total. The summed E-state index contributed by atoms with van der Waals surface area (Å²) in [4.78, 5) is 0. The molecule has 0 aromatic heterocycles. The highest BCUT2D eigenvalue weighted by atomic mass is 14.1. The molecule has 1 unspecified atom stereocenters. The summed E-state index contributed by atoms with van der Waals surface area (Å²) in [7, 11) is 0. The molecule has 0 spiro atoms. The fourth-order valence-corrected chi connectivity index (χ4v) is 1.91. The smallest absolute Gasteiger partial charge is 0.0133 e. The molecule has 0 saturated carbocycles. The first-order valence-electron chi connectivity index (χ1n) is 6.03. The fraction of sp³-hybridized carbons (Fsp3) is 0.467. The van der Waals surface area contributed by atoms with Crippen molar-refractivity contribution in [1.82, 2.24) is 0 Å². The number of hydrogen-bond acceptors (Lipinski definition) is 0. The second-order valence-electron chi connectivity index (χ2n) is 3.98. The standard InChI is InChI=1S/C15H22/c1-3-5-6-8-11-14(4-2)15-12-9-7-10-13-15/h3,5-6,8-9,12-14H,4,7,10-11H2,1-2H3/b5-3-,8-6-. The minimum Gasteiger partial charge on any atom is -0.0877 e. The van der Waals surface area contributed by atoms with Gasteiger partial charge in [0.05, 0.1) is 0 Å². The maximum absolute atomic E-state index is 2.40. The van der Waals surface area contributed by atoms with Crippen molar-refractivity contribution in [2.24, 2.45) is 5.92 Å². The van der Waals surface area contributed by atoms with Gasteiger partial charge in [0.15, 0.2) is 0 Å². The van der Waals surface area contributed by atoms with Crippen molar-refractivity contribution in [1.29, 1.82) is 0 Å². The zero-order chi connectivity index (χ0) is 10.9. The van der Waals surface area contributed by atoms with E-state index in [1.54, 1.807) is 0 Å². The topological polar surface area (TPSA) is 0 Å². The molecule has 0 amide bonds. The molecule has 0 aromatic rings. The van der Waals surface area contributed by atoms with Crippen molar-refractivity contribution in [2.45, 2.75) is 39.5 Å². The van der Waals surface area contributed by atoms with Gasteiger partial charge in [-0.3, -0.25) is 0 Å². The lowest BCUT2D eigenvalue weighted by atomic mass is 9.89. The van der Waals surface area contributed by atoms with E-state index in [0.29, 0.717) is 5.92 Å². The van der Waals surface area contributed by atoms with Gasteiger partial charge in [0.25, 0.3) is 0 Å². The summed E-state index contributed by atoms with van der Waals surface area (Å²) < 4.78 is 0. The zero-order valence-electron chi connectivity index (χ0n) is 9.95. The largest absolute Gasteiger partial charge is 0.0877 e. The molecule has 15 heavy (non-hydrogen) atoms. The lowest BCUT2D eigenvalue weighted by Gasteiger charge is -2.16. The molecule has 0 saturated heterocycles. The Morgan fingerprint density at radius 1 is 1.33 bits per heavy atom. The Bertz CT molecular complexity index is 276. The Balaban J connectivity index is 2.48. The third kappa shape index (κ3) is 4.33. The summed E-state index contributed by atoms with van der Waals surface area (Å²) in [6, 6.07) is 0. The van der Waals surface area contributed by atoms with Crippen LogP contribution in [0.5, 0.6) is 0 Å². The van der Waals surface area contributed by atoms with Crippen molar-refractivity contribution in [3.05, 3.63) is 48.1 Å². The molecular formula is C15H22. The lowest BCUT2D eigenvalue weighted by Crippen LogP contribution is -2.01. The lowest BCUT2D eigenvalue weighted by molar-refractivity contribution is 0.607. The van der Waals surface area contributed by atoms with Gasteiger partial charge in [0.2, 0.25) is 0 Å². The van der Waals surface area contributed by atoms with Gasteiger partial charge in [0, 0.05) is 0 Å². The van der Waals surface area contributed by atoms with Gasteiger partial charge >= 0.3 is 0 Å². The molecule has 0 radical (unpaired) electrons. The van der Waals surface area contributed by atoms with E-state index in [1.165, 1.54) is 24.8 Å². The second-order valence-corrected chi connectivity index (χ2v) is 3.98. The predicted octanol–water partition coefficient (Wildman–Crippen LogP) is 4.81. The van der Waals surface area contributed by atoms with Crippen LogP contribution in [0.3, 0.4) is 0 Å². The summed E-state index contributed by atoms with van der Waals surface area (Å²) in [5.74, 6) is 0.711. The molecule has 0 heteroatoms. The van der Waals surface area contributed by atoms with Crippen LogP contribution in [0, 0.1) is 5.92 Å². The van der Waals surface area contributed by atoms with Gasteiger partial charge in [-0.25, -0.2) is 0 Å². The highest BCUT2D eigenvalue weighted by Gasteiger charge is 2.09. The Morgan fingerprint density at radius 3 is 2.80 bits per heavy atom. The van der Waals surface area contributed by atoms with Gasteiger partial charge in [-0.1, -0.05) is 49.5 Å². The molecule has 1 aliphatic carbocycles. The third-order valence-corrected chi connectivity index (χ3v) is 2.85. The maximum atomic E-state index is 2.40. The molecule has 1 atom stereocenters. The number of hydrogen-bond donors (Lipinski definition) is 0. The number of allylic oxidation sites excluding steroid dienone is 8. The fourth-order valence-electron chi connectivity index (χ4n) is 1.91. The van der Waals surface area contributed by atoms with Gasteiger partial charge < -0.3 is 0 Å². The molecular weight excluding hydrogens is 180 g/mol. The molecule has 0 bridgehead atoms. The van der Waals surface area contributed by atoms with Crippen molar-refractivity contribution < 1.29 is 0 Å². The highest BCUT2D eigenvalue weighted by Crippen LogP contribution is 2.24. The van der Waals surface area contributed by atoms with E-state index in [1.807, 2.05) is 6.92 Å². The monoisotopic (exact) mass is 202 g/mol. The first kappa shape index (κ1) is 12.0. The van der Waals surface area contributed by atoms with Gasteiger partial charge in [-0.2, -0.15) is 0 Å². The van der Waals surface area contributed by atoms with E-state index in [4.69, 9.17) is 0 Å². The Kier molecular flexibility index (Phi) is 5.84.